The number of amides is 2. The second-order valence-electron chi connectivity index (χ2n) is 11.4. The minimum absolute atomic E-state index is 0.222. The molecule has 1 saturated heterocycles. The number of carbonyl (C=O) groups excluding carboxylic acids is 2. The number of ether oxygens (including phenoxy) is 3. The van der Waals surface area contributed by atoms with Crippen molar-refractivity contribution in [1.82, 2.24) is 9.80 Å². The van der Waals surface area contributed by atoms with E-state index in [0.717, 1.165) is 43.4 Å². The third-order valence-electron chi connectivity index (χ3n) is 6.14. The molecule has 0 bridgehead atoms. The largest absolute Gasteiger partial charge is 0.443 e. The highest BCUT2D eigenvalue weighted by molar-refractivity contribution is 6.04. The van der Waals surface area contributed by atoms with E-state index in [9.17, 15) is 9.59 Å². The normalized spacial score (nSPS) is 20.3. The van der Waals surface area contributed by atoms with Crippen molar-refractivity contribution in [2.45, 2.75) is 90.4 Å². The Labute approximate surface area is 215 Å². The van der Waals surface area contributed by atoms with Gasteiger partial charge in [0.25, 0.3) is 0 Å². The molecule has 0 aromatic heterocycles. The molecule has 198 valence electrons. The fourth-order valence-electron chi connectivity index (χ4n) is 4.80. The molecular weight excluding hydrogens is 458 g/mol. The van der Waals surface area contributed by atoms with Crippen molar-refractivity contribution in [3.63, 3.8) is 0 Å². The van der Waals surface area contributed by atoms with E-state index in [1.54, 1.807) is 27.9 Å². The predicted molar refractivity (Wildman–Crippen MR) is 141 cm³/mol. The Balaban J connectivity index is 2.24. The van der Waals surface area contributed by atoms with Gasteiger partial charge in [-0.05, 0) is 66.0 Å². The van der Waals surface area contributed by atoms with Crippen LogP contribution in [0.25, 0.3) is 6.08 Å². The Morgan fingerprint density at radius 1 is 0.972 bits per heavy atom. The maximum atomic E-state index is 13.8. The number of rotatable bonds is 4. The van der Waals surface area contributed by atoms with E-state index in [2.05, 4.69) is 9.89 Å². The molecule has 0 unspecified atom stereocenters. The standard InChI is InChI=1S/C28H41N3O5/c1-26(2,3)35-24(32)29-23-30(18-19-34-7)28(16-12-9-13-17-28)22(20-21-14-10-8-11-15-21)31(23)25(33)36-27(4,5)6/h8,10-11,14-15,20H,9,12-13,16-19H2,1-7H3/b22-20-,29-23-. The van der Waals surface area contributed by atoms with Crippen molar-refractivity contribution < 1.29 is 23.8 Å². The molecule has 1 aliphatic heterocycles. The van der Waals surface area contributed by atoms with Crippen LogP contribution < -0.4 is 0 Å². The van der Waals surface area contributed by atoms with Gasteiger partial charge in [0, 0.05) is 13.7 Å². The minimum atomic E-state index is -0.750. The van der Waals surface area contributed by atoms with Gasteiger partial charge in [0.1, 0.15) is 11.2 Å². The zero-order chi connectivity index (χ0) is 26.6. The summed E-state index contributed by atoms with van der Waals surface area (Å²) in [5.41, 5.74) is -0.257. The van der Waals surface area contributed by atoms with E-state index in [0.29, 0.717) is 13.2 Å². The summed E-state index contributed by atoms with van der Waals surface area (Å²) in [4.78, 5) is 34.6. The van der Waals surface area contributed by atoms with Crippen LogP contribution in [0.5, 0.6) is 0 Å². The van der Waals surface area contributed by atoms with E-state index >= 15 is 0 Å². The number of benzene rings is 1. The van der Waals surface area contributed by atoms with Crippen LogP contribution in [0.4, 0.5) is 9.59 Å². The number of hydrogen-bond donors (Lipinski definition) is 0. The second-order valence-corrected chi connectivity index (χ2v) is 11.4. The van der Waals surface area contributed by atoms with Crippen LogP contribution in [-0.2, 0) is 14.2 Å². The quantitative estimate of drug-likeness (QED) is 0.489. The van der Waals surface area contributed by atoms with Crippen LogP contribution in [0.3, 0.4) is 0 Å². The van der Waals surface area contributed by atoms with Crippen molar-refractivity contribution in [2.75, 3.05) is 20.3 Å². The van der Waals surface area contributed by atoms with E-state index in [1.807, 2.05) is 57.2 Å². The van der Waals surface area contributed by atoms with Crippen molar-refractivity contribution >= 4 is 24.2 Å². The minimum Gasteiger partial charge on any atom is -0.443 e. The molecule has 1 aromatic carbocycles. The summed E-state index contributed by atoms with van der Waals surface area (Å²) in [5, 5.41) is 0. The SMILES string of the molecule is COCCN1/C(=N/C(=O)OC(C)(C)C)N(C(=O)OC(C)(C)C)/C(=C\c2ccccc2)C12CCCCC2. The zero-order valence-corrected chi connectivity index (χ0v) is 22.8. The lowest BCUT2D eigenvalue weighted by Crippen LogP contribution is -2.49. The van der Waals surface area contributed by atoms with Gasteiger partial charge in [0.15, 0.2) is 0 Å². The van der Waals surface area contributed by atoms with Gasteiger partial charge in [-0.25, -0.2) is 14.5 Å². The molecule has 0 atom stereocenters. The molecule has 0 N–H and O–H groups in total. The first-order chi connectivity index (χ1) is 16.9. The Kier molecular flexibility index (Phi) is 8.49. The number of carbonyl (C=O) groups is 2. The van der Waals surface area contributed by atoms with Crippen molar-refractivity contribution in [3.8, 4) is 0 Å². The first-order valence-electron chi connectivity index (χ1n) is 12.7. The second kappa shape index (κ2) is 11.0. The molecule has 1 spiro atoms. The maximum Gasteiger partial charge on any atom is 0.437 e. The van der Waals surface area contributed by atoms with Crippen molar-refractivity contribution in [3.05, 3.63) is 41.6 Å². The van der Waals surface area contributed by atoms with Gasteiger partial charge >= 0.3 is 12.2 Å². The number of aliphatic imine (C=N–C) groups is 1. The summed E-state index contributed by atoms with van der Waals surface area (Å²) in [6.45, 7) is 11.7. The van der Waals surface area contributed by atoms with Crippen LogP contribution in [0.2, 0.25) is 0 Å². The summed E-state index contributed by atoms with van der Waals surface area (Å²) in [6.07, 6.45) is 5.45. The van der Waals surface area contributed by atoms with Gasteiger partial charge in [-0.15, -0.1) is 4.99 Å². The van der Waals surface area contributed by atoms with Gasteiger partial charge in [0.05, 0.1) is 17.8 Å². The molecule has 36 heavy (non-hydrogen) atoms. The summed E-state index contributed by atoms with van der Waals surface area (Å²) in [6, 6.07) is 9.88. The lowest BCUT2D eigenvalue weighted by atomic mass is 9.78. The molecule has 8 heteroatoms. The highest BCUT2D eigenvalue weighted by atomic mass is 16.6. The van der Waals surface area contributed by atoms with Crippen LogP contribution in [0.15, 0.2) is 41.0 Å². The fourth-order valence-corrected chi connectivity index (χ4v) is 4.80. The predicted octanol–water partition coefficient (Wildman–Crippen LogP) is 6.22. The molecular formula is C28H41N3O5. The van der Waals surface area contributed by atoms with Crippen LogP contribution in [0.1, 0.15) is 79.2 Å². The van der Waals surface area contributed by atoms with Crippen LogP contribution in [0, 0.1) is 0 Å². The van der Waals surface area contributed by atoms with Crippen molar-refractivity contribution in [2.24, 2.45) is 4.99 Å². The first-order valence-corrected chi connectivity index (χ1v) is 12.7. The van der Waals surface area contributed by atoms with Crippen LogP contribution >= 0.6 is 0 Å². The van der Waals surface area contributed by atoms with Crippen LogP contribution in [-0.4, -0.2) is 64.9 Å². The summed E-state index contributed by atoms with van der Waals surface area (Å²) in [5.74, 6) is 0.222. The molecule has 1 heterocycles. The zero-order valence-electron chi connectivity index (χ0n) is 22.8. The lowest BCUT2D eigenvalue weighted by Gasteiger charge is -2.41. The fraction of sp³-hybridized carbons (Fsp3) is 0.607. The maximum absolute atomic E-state index is 13.8. The van der Waals surface area contributed by atoms with E-state index in [4.69, 9.17) is 14.2 Å². The molecule has 0 radical (unpaired) electrons. The summed E-state index contributed by atoms with van der Waals surface area (Å²) in [7, 11) is 1.64. The van der Waals surface area contributed by atoms with Gasteiger partial charge < -0.3 is 19.1 Å². The smallest absolute Gasteiger partial charge is 0.437 e. The average Bonchev–Trinajstić information content (AvgIpc) is 2.99. The third-order valence-corrected chi connectivity index (χ3v) is 6.14. The number of methoxy groups -OCH3 is 1. The monoisotopic (exact) mass is 499 g/mol. The van der Waals surface area contributed by atoms with E-state index < -0.39 is 28.9 Å². The Bertz CT molecular complexity index is 983. The molecule has 3 rings (SSSR count). The molecule has 2 fully saturated rings. The van der Waals surface area contributed by atoms with Gasteiger partial charge in [-0.3, -0.25) is 0 Å². The third kappa shape index (κ3) is 6.66. The Hall–Kier alpha value is -2.87. The highest BCUT2D eigenvalue weighted by Gasteiger charge is 2.55. The molecule has 1 saturated carbocycles. The van der Waals surface area contributed by atoms with Gasteiger partial charge in [-0.2, -0.15) is 0 Å². The van der Waals surface area contributed by atoms with Gasteiger partial charge in [-0.1, -0.05) is 49.6 Å². The summed E-state index contributed by atoms with van der Waals surface area (Å²) >= 11 is 0. The number of nitrogens with zero attached hydrogens (tertiary/aromatic N) is 3. The highest BCUT2D eigenvalue weighted by Crippen LogP contribution is 2.47. The molecule has 8 nitrogen and oxygen atoms in total. The van der Waals surface area contributed by atoms with Gasteiger partial charge in [0.2, 0.25) is 5.96 Å². The molecule has 2 aliphatic rings. The topological polar surface area (TPSA) is 80.7 Å². The van der Waals surface area contributed by atoms with E-state index in [1.165, 1.54) is 4.90 Å². The number of guanidine groups is 1. The number of hydrogen-bond acceptors (Lipinski definition) is 5. The Morgan fingerprint density at radius 3 is 2.14 bits per heavy atom. The molecule has 1 aliphatic carbocycles. The first kappa shape index (κ1) is 27.7. The van der Waals surface area contributed by atoms with E-state index in [-0.39, 0.29) is 5.96 Å². The average molecular weight is 500 g/mol. The summed E-state index contributed by atoms with van der Waals surface area (Å²) < 4.78 is 16.8. The molecule has 1 aromatic rings. The Morgan fingerprint density at radius 2 is 1.58 bits per heavy atom. The lowest BCUT2D eigenvalue weighted by molar-refractivity contribution is 0.0408. The van der Waals surface area contributed by atoms with Crippen molar-refractivity contribution in [1.29, 1.82) is 0 Å². The molecule has 2 amide bonds.